The Hall–Kier alpha value is -0.630. The van der Waals surface area contributed by atoms with Gasteiger partial charge in [0.2, 0.25) is 0 Å². The zero-order chi connectivity index (χ0) is 7.56. The number of hydrogen-bond donors (Lipinski definition) is 0. The quantitative estimate of drug-likeness (QED) is 0.482. The van der Waals surface area contributed by atoms with Crippen molar-refractivity contribution in [1.29, 1.82) is 0 Å². The van der Waals surface area contributed by atoms with E-state index in [-0.39, 0.29) is 5.16 Å². The van der Waals surface area contributed by atoms with Crippen molar-refractivity contribution in [2.24, 2.45) is 4.99 Å². The molecule has 0 bridgehead atoms. The molecule has 1 nitrogen and oxygen atoms in total. The van der Waals surface area contributed by atoms with Gasteiger partial charge in [-0.2, -0.15) is 0 Å². The summed E-state index contributed by atoms with van der Waals surface area (Å²) < 4.78 is 12.6. The molecule has 0 aromatic carbocycles. The molecule has 0 unspecified atom stereocenters. The Balaban J connectivity index is 2.98. The molecule has 3 heteroatoms. The van der Waals surface area contributed by atoms with Crippen LogP contribution in [-0.2, 0) is 0 Å². The number of halogens is 2. The molecule has 54 valence electrons. The molecule has 0 spiro atoms. The average Bonchev–Trinajstić information content (AvgIpc) is 1.96. The first-order valence-electron chi connectivity index (χ1n) is 2.95. The van der Waals surface area contributed by atoms with Crippen LogP contribution in [0, 0.1) is 0 Å². The minimum Gasteiger partial charge on any atom is -0.246 e. The number of rotatable bonds is 0. The summed E-state index contributed by atoms with van der Waals surface area (Å²) >= 11 is 5.40. The van der Waals surface area contributed by atoms with Crippen molar-refractivity contribution in [3.8, 4) is 0 Å². The maximum Gasteiger partial charge on any atom is 0.164 e. The lowest BCUT2D eigenvalue weighted by Gasteiger charge is -1.88. The smallest absolute Gasteiger partial charge is 0.164 e. The molecule has 0 atom stereocenters. The topological polar surface area (TPSA) is 12.4 Å². The summed E-state index contributed by atoms with van der Waals surface area (Å²) in [5.41, 5.74) is 0.928. The Morgan fingerprint density at radius 1 is 1.70 bits per heavy atom. The zero-order valence-electron chi connectivity index (χ0n) is 5.56. The molecule has 0 saturated heterocycles. The molecule has 0 aliphatic carbocycles. The fourth-order valence-corrected chi connectivity index (χ4v) is 0.790. The van der Waals surface area contributed by atoms with Crippen LogP contribution in [-0.4, -0.2) is 6.21 Å². The van der Waals surface area contributed by atoms with Gasteiger partial charge < -0.3 is 0 Å². The van der Waals surface area contributed by atoms with E-state index in [4.69, 9.17) is 11.6 Å². The summed E-state index contributed by atoms with van der Waals surface area (Å²) in [6, 6.07) is 0. The minimum absolute atomic E-state index is 0.0585. The van der Waals surface area contributed by atoms with E-state index in [2.05, 4.69) is 4.99 Å². The normalized spacial score (nSPS) is 18.9. The second kappa shape index (κ2) is 2.97. The van der Waals surface area contributed by atoms with Crippen molar-refractivity contribution in [2.75, 3.05) is 0 Å². The van der Waals surface area contributed by atoms with Crippen molar-refractivity contribution in [2.45, 2.75) is 13.3 Å². The second-order valence-corrected chi connectivity index (χ2v) is 2.50. The van der Waals surface area contributed by atoms with Crippen LogP contribution in [0.5, 0.6) is 0 Å². The van der Waals surface area contributed by atoms with Gasteiger partial charge in [-0.25, -0.2) is 9.38 Å². The van der Waals surface area contributed by atoms with E-state index in [9.17, 15) is 4.39 Å². The van der Waals surface area contributed by atoms with Gasteiger partial charge in [0.1, 0.15) is 0 Å². The van der Waals surface area contributed by atoms with Crippen LogP contribution < -0.4 is 0 Å². The Morgan fingerprint density at radius 2 is 2.40 bits per heavy atom. The van der Waals surface area contributed by atoms with E-state index >= 15 is 0 Å². The summed E-state index contributed by atoms with van der Waals surface area (Å²) in [4.78, 5) is 3.65. The molecule has 0 radical (unpaired) electrons. The summed E-state index contributed by atoms with van der Waals surface area (Å²) in [7, 11) is 0. The molecular weight excluding hydrogens is 153 g/mol. The lowest BCUT2D eigenvalue weighted by atomic mass is 10.2. The molecule has 1 aliphatic heterocycles. The van der Waals surface area contributed by atoms with Gasteiger partial charge in [0.15, 0.2) is 11.0 Å². The van der Waals surface area contributed by atoms with E-state index < -0.39 is 5.83 Å². The SMILES string of the molecule is CC1=CC(F)=C(Cl)N=CC1. The van der Waals surface area contributed by atoms with Gasteiger partial charge in [-0.1, -0.05) is 17.2 Å². The standard InChI is InChI=1S/C7H7ClFN/c1-5-2-3-10-7(8)6(9)4-5/h3-4H,2H2,1H3. The van der Waals surface area contributed by atoms with Gasteiger partial charge in [-0.05, 0) is 13.0 Å². The van der Waals surface area contributed by atoms with Crippen molar-refractivity contribution in [1.82, 2.24) is 0 Å². The maximum absolute atomic E-state index is 12.6. The molecule has 0 amide bonds. The summed E-state index contributed by atoms with van der Waals surface area (Å²) in [6.45, 7) is 1.83. The van der Waals surface area contributed by atoms with E-state index in [0.717, 1.165) is 5.57 Å². The number of aliphatic imine (C=N–C) groups is 1. The lowest BCUT2D eigenvalue weighted by Crippen LogP contribution is -1.74. The Labute approximate surface area is 63.9 Å². The monoisotopic (exact) mass is 159 g/mol. The highest BCUT2D eigenvalue weighted by Crippen LogP contribution is 2.18. The molecule has 0 fully saturated rings. The van der Waals surface area contributed by atoms with Crippen LogP contribution in [0.25, 0.3) is 0 Å². The molecule has 10 heavy (non-hydrogen) atoms. The van der Waals surface area contributed by atoms with Crippen LogP contribution >= 0.6 is 11.6 Å². The van der Waals surface area contributed by atoms with E-state index in [1.54, 1.807) is 6.21 Å². The highest BCUT2D eigenvalue weighted by Gasteiger charge is 2.02. The van der Waals surface area contributed by atoms with E-state index in [1.807, 2.05) is 6.92 Å². The third-order valence-electron chi connectivity index (χ3n) is 1.19. The van der Waals surface area contributed by atoms with Gasteiger partial charge in [0, 0.05) is 12.6 Å². The predicted molar refractivity (Wildman–Crippen MR) is 40.9 cm³/mol. The zero-order valence-corrected chi connectivity index (χ0v) is 6.32. The van der Waals surface area contributed by atoms with Gasteiger partial charge in [-0.15, -0.1) is 0 Å². The van der Waals surface area contributed by atoms with Crippen LogP contribution in [0.1, 0.15) is 13.3 Å². The highest BCUT2D eigenvalue weighted by molar-refractivity contribution is 6.30. The Kier molecular flexibility index (Phi) is 2.22. The van der Waals surface area contributed by atoms with Gasteiger partial charge in [-0.3, -0.25) is 0 Å². The first kappa shape index (κ1) is 7.48. The van der Waals surface area contributed by atoms with E-state index in [0.29, 0.717) is 6.42 Å². The first-order chi connectivity index (χ1) is 4.70. The Bertz CT molecular complexity index is 228. The second-order valence-electron chi connectivity index (χ2n) is 2.15. The summed E-state index contributed by atoms with van der Waals surface area (Å²) in [6.07, 6.45) is 3.67. The molecule has 1 aliphatic rings. The minimum atomic E-state index is -0.451. The third-order valence-corrected chi connectivity index (χ3v) is 1.47. The van der Waals surface area contributed by atoms with Gasteiger partial charge in [0.05, 0.1) is 0 Å². The molecule has 1 rings (SSSR count). The number of hydrogen-bond acceptors (Lipinski definition) is 1. The van der Waals surface area contributed by atoms with Gasteiger partial charge in [0.25, 0.3) is 0 Å². The number of nitrogens with zero attached hydrogens (tertiary/aromatic N) is 1. The van der Waals surface area contributed by atoms with Crippen LogP contribution in [0.3, 0.4) is 0 Å². The highest BCUT2D eigenvalue weighted by atomic mass is 35.5. The van der Waals surface area contributed by atoms with Crippen molar-refractivity contribution in [3.63, 3.8) is 0 Å². The average molecular weight is 160 g/mol. The largest absolute Gasteiger partial charge is 0.246 e. The van der Waals surface area contributed by atoms with Gasteiger partial charge >= 0.3 is 0 Å². The molecule has 0 saturated carbocycles. The van der Waals surface area contributed by atoms with E-state index in [1.165, 1.54) is 6.08 Å². The maximum atomic E-state index is 12.6. The van der Waals surface area contributed by atoms with Crippen LogP contribution in [0.2, 0.25) is 0 Å². The fraction of sp³-hybridized carbons (Fsp3) is 0.286. The summed E-state index contributed by atoms with van der Waals surface area (Å²) in [5.74, 6) is -0.451. The molecular formula is C7H7ClFN. The van der Waals surface area contributed by atoms with Crippen LogP contribution in [0.15, 0.2) is 27.6 Å². The fourth-order valence-electron chi connectivity index (χ4n) is 0.666. The summed E-state index contributed by atoms with van der Waals surface area (Å²) in [5, 5.41) is -0.0585. The van der Waals surface area contributed by atoms with Crippen molar-refractivity contribution in [3.05, 3.63) is 22.6 Å². The van der Waals surface area contributed by atoms with Crippen LogP contribution in [0.4, 0.5) is 4.39 Å². The molecule has 0 aromatic heterocycles. The Morgan fingerprint density at radius 3 is 3.10 bits per heavy atom. The third kappa shape index (κ3) is 1.67. The molecule has 0 aromatic rings. The van der Waals surface area contributed by atoms with Crippen molar-refractivity contribution < 1.29 is 4.39 Å². The lowest BCUT2D eigenvalue weighted by molar-refractivity contribution is 0.659. The first-order valence-corrected chi connectivity index (χ1v) is 3.33. The number of allylic oxidation sites excluding steroid dienone is 3. The predicted octanol–water partition coefficient (Wildman–Crippen LogP) is 2.78. The van der Waals surface area contributed by atoms with Crippen molar-refractivity contribution >= 4 is 17.8 Å². The molecule has 1 heterocycles. The molecule has 0 N–H and O–H groups in total.